The largest absolute Gasteiger partial charge is 0.349 e. The van der Waals surface area contributed by atoms with Crippen LogP contribution in [0.1, 0.15) is 10.4 Å². The second-order valence-corrected chi connectivity index (χ2v) is 3.58. The first-order valence-corrected chi connectivity index (χ1v) is 5.03. The molecule has 0 aliphatic carbocycles. The van der Waals surface area contributed by atoms with Gasteiger partial charge in [-0.2, -0.15) is 5.10 Å². The van der Waals surface area contributed by atoms with E-state index in [0.29, 0.717) is 12.1 Å². The van der Waals surface area contributed by atoms with Gasteiger partial charge in [0.2, 0.25) is 0 Å². The minimum absolute atomic E-state index is 0.104. The average Bonchev–Trinajstić information content (AvgIpc) is 2.64. The van der Waals surface area contributed by atoms with Crippen LogP contribution in [0.4, 0.5) is 0 Å². The summed E-state index contributed by atoms with van der Waals surface area (Å²) in [4.78, 5) is 11.7. The van der Waals surface area contributed by atoms with Crippen LogP contribution in [-0.4, -0.2) is 22.2 Å². The van der Waals surface area contributed by atoms with Crippen LogP contribution in [0.15, 0.2) is 37.1 Å². The third kappa shape index (κ3) is 1.95. The molecule has 0 bridgehead atoms. The highest BCUT2D eigenvalue weighted by Crippen LogP contribution is 2.13. The fourth-order valence-corrected chi connectivity index (χ4v) is 1.55. The number of hydrogen-bond acceptors (Lipinski definition) is 2. The zero-order valence-corrected chi connectivity index (χ0v) is 9.10. The molecule has 82 valence electrons. The summed E-state index contributed by atoms with van der Waals surface area (Å²) in [5.41, 5.74) is 1.45. The molecule has 1 amide bonds. The average molecular weight is 215 g/mol. The van der Waals surface area contributed by atoms with Crippen LogP contribution >= 0.6 is 0 Å². The lowest BCUT2D eigenvalue weighted by molar-refractivity contribution is 0.0958. The SMILES string of the molecule is C=CCNC(=O)c1ccc2cn(C)nc2c1. The summed E-state index contributed by atoms with van der Waals surface area (Å²) in [6, 6.07) is 5.47. The number of carbonyl (C=O) groups excluding carboxylic acids is 1. The summed E-state index contributed by atoms with van der Waals surface area (Å²) in [5.74, 6) is -0.104. The van der Waals surface area contributed by atoms with E-state index in [1.165, 1.54) is 0 Å². The Morgan fingerprint density at radius 3 is 3.19 bits per heavy atom. The van der Waals surface area contributed by atoms with Crippen molar-refractivity contribution in [2.75, 3.05) is 6.54 Å². The van der Waals surface area contributed by atoms with Crippen molar-refractivity contribution >= 4 is 16.8 Å². The van der Waals surface area contributed by atoms with Crippen LogP contribution in [0.2, 0.25) is 0 Å². The molecular weight excluding hydrogens is 202 g/mol. The third-order valence-corrected chi connectivity index (χ3v) is 2.29. The molecule has 0 saturated carbocycles. The van der Waals surface area contributed by atoms with Crippen LogP contribution in [0.5, 0.6) is 0 Å². The zero-order valence-electron chi connectivity index (χ0n) is 9.10. The van der Waals surface area contributed by atoms with Gasteiger partial charge in [0, 0.05) is 30.7 Å². The Kier molecular flexibility index (Phi) is 2.72. The van der Waals surface area contributed by atoms with E-state index in [1.807, 2.05) is 19.3 Å². The number of aromatic nitrogens is 2. The number of rotatable bonds is 3. The molecule has 0 atom stereocenters. The van der Waals surface area contributed by atoms with E-state index in [4.69, 9.17) is 0 Å². The van der Waals surface area contributed by atoms with Crippen molar-refractivity contribution in [2.45, 2.75) is 0 Å². The van der Waals surface area contributed by atoms with Gasteiger partial charge < -0.3 is 5.32 Å². The summed E-state index contributed by atoms with van der Waals surface area (Å²) < 4.78 is 1.73. The number of carbonyl (C=O) groups is 1. The number of benzene rings is 1. The molecule has 1 heterocycles. The molecule has 0 aliphatic heterocycles. The van der Waals surface area contributed by atoms with Gasteiger partial charge in [-0.05, 0) is 12.1 Å². The summed E-state index contributed by atoms with van der Waals surface area (Å²) >= 11 is 0. The van der Waals surface area contributed by atoms with Gasteiger partial charge in [-0.1, -0.05) is 12.1 Å². The lowest BCUT2D eigenvalue weighted by Crippen LogP contribution is -2.22. The molecule has 1 N–H and O–H groups in total. The maximum atomic E-state index is 11.7. The van der Waals surface area contributed by atoms with Gasteiger partial charge in [-0.15, -0.1) is 6.58 Å². The minimum atomic E-state index is -0.104. The Hall–Kier alpha value is -2.10. The lowest BCUT2D eigenvalue weighted by Gasteiger charge is -2.01. The van der Waals surface area contributed by atoms with Crippen LogP contribution in [0.3, 0.4) is 0 Å². The smallest absolute Gasteiger partial charge is 0.251 e. The van der Waals surface area contributed by atoms with Gasteiger partial charge in [-0.3, -0.25) is 9.48 Å². The van der Waals surface area contributed by atoms with Crippen molar-refractivity contribution in [3.05, 3.63) is 42.6 Å². The van der Waals surface area contributed by atoms with Crippen molar-refractivity contribution in [3.63, 3.8) is 0 Å². The molecule has 0 spiro atoms. The van der Waals surface area contributed by atoms with E-state index < -0.39 is 0 Å². The Labute approximate surface area is 93.6 Å². The van der Waals surface area contributed by atoms with E-state index in [0.717, 1.165) is 10.9 Å². The molecule has 2 rings (SSSR count). The van der Waals surface area contributed by atoms with Gasteiger partial charge in [0.15, 0.2) is 0 Å². The molecule has 0 fully saturated rings. The summed E-state index contributed by atoms with van der Waals surface area (Å²) in [7, 11) is 1.86. The Morgan fingerprint density at radius 2 is 2.44 bits per heavy atom. The quantitative estimate of drug-likeness (QED) is 0.788. The molecule has 2 aromatic rings. The molecule has 1 aromatic heterocycles. The maximum absolute atomic E-state index is 11.7. The number of amides is 1. The fourth-order valence-electron chi connectivity index (χ4n) is 1.55. The van der Waals surface area contributed by atoms with Crippen LogP contribution < -0.4 is 5.32 Å². The fraction of sp³-hybridized carbons (Fsp3) is 0.167. The number of nitrogens with zero attached hydrogens (tertiary/aromatic N) is 2. The number of nitrogens with one attached hydrogen (secondary N) is 1. The molecular formula is C12H13N3O. The van der Waals surface area contributed by atoms with Crippen LogP contribution in [0, 0.1) is 0 Å². The normalized spacial score (nSPS) is 10.3. The zero-order chi connectivity index (χ0) is 11.5. The summed E-state index contributed by atoms with van der Waals surface area (Å²) in [5, 5.41) is 8.01. The lowest BCUT2D eigenvalue weighted by atomic mass is 10.1. The van der Waals surface area contributed by atoms with Crippen molar-refractivity contribution in [2.24, 2.45) is 7.05 Å². The monoisotopic (exact) mass is 215 g/mol. The van der Waals surface area contributed by atoms with Crippen molar-refractivity contribution < 1.29 is 4.79 Å². The highest BCUT2D eigenvalue weighted by Gasteiger charge is 2.06. The Morgan fingerprint density at radius 1 is 1.62 bits per heavy atom. The topological polar surface area (TPSA) is 46.9 Å². The van der Waals surface area contributed by atoms with Gasteiger partial charge in [-0.25, -0.2) is 0 Å². The van der Waals surface area contributed by atoms with E-state index in [-0.39, 0.29) is 5.91 Å². The number of fused-ring (bicyclic) bond motifs is 1. The van der Waals surface area contributed by atoms with Crippen molar-refractivity contribution in [3.8, 4) is 0 Å². The molecule has 0 saturated heterocycles. The van der Waals surface area contributed by atoms with Gasteiger partial charge in [0.25, 0.3) is 5.91 Å². The standard InChI is InChI=1S/C12H13N3O/c1-3-6-13-12(16)9-4-5-10-8-15(2)14-11(10)7-9/h3-5,7-8H,1,6H2,2H3,(H,13,16). The number of hydrogen-bond donors (Lipinski definition) is 1. The Balaban J connectivity index is 2.31. The molecule has 4 nitrogen and oxygen atoms in total. The van der Waals surface area contributed by atoms with Crippen molar-refractivity contribution in [1.29, 1.82) is 0 Å². The summed E-state index contributed by atoms with van der Waals surface area (Å²) in [6.07, 6.45) is 3.57. The van der Waals surface area contributed by atoms with Crippen LogP contribution in [0.25, 0.3) is 10.9 Å². The minimum Gasteiger partial charge on any atom is -0.349 e. The highest BCUT2D eigenvalue weighted by molar-refractivity contribution is 5.97. The third-order valence-electron chi connectivity index (χ3n) is 2.29. The molecule has 0 aliphatic rings. The number of aryl methyl sites for hydroxylation is 1. The highest BCUT2D eigenvalue weighted by atomic mass is 16.1. The van der Waals surface area contributed by atoms with Crippen LogP contribution in [-0.2, 0) is 7.05 Å². The van der Waals surface area contributed by atoms with E-state index in [9.17, 15) is 4.79 Å². The molecule has 0 unspecified atom stereocenters. The van der Waals surface area contributed by atoms with Crippen molar-refractivity contribution in [1.82, 2.24) is 15.1 Å². The van der Waals surface area contributed by atoms with E-state index >= 15 is 0 Å². The van der Waals surface area contributed by atoms with Gasteiger partial charge in [0.1, 0.15) is 0 Å². The second-order valence-electron chi connectivity index (χ2n) is 3.58. The molecule has 0 radical (unpaired) electrons. The molecule has 16 heavy (non-hydrogen) atoms. The first-order chi connectivity index (χ1) is 7.70. The van der Waals surface area contributed by atoms with Gasteiger partial charge in [0.05, 0.1) is 5.52 Å². The van der Waals surface area contributed by atoms with Gasteiger partial charge >= 0.3 is 0 Å². The van der Waals surface area contributed by atoms with E-state index in [2.05, 4.69) is 17.0 Å². The first kappa shape index (κ1) is 10.4. The maximum Gasteiger partial charge on any atom is 0.251 e. The summed E-state index contributed by atoms with van der Waals surface area (Å²) in [6.45, 7) is 4.02. The molecule has 1 aromatic carbocycles. The predicted molar refractivity (Wildman–Crippen MR) is 63.2 cm³/mol. The first-order valence-electron chi connectivity index (χ1n) is 5.03. The van der Waals surface area contributed by atoms with E-state index in [1.54, 1.807) is 22.9 Å². The second kappa shape index (κ2) is 4.18. The molecule has 4 heteroatoms. The Bertz CT molecular complexity index is 542. The predicted octanol–water partition coefficient (Wildman–Crippen LogP) is 1.49.